The van der Waals surface area contributed by atoms with E-state index in [0.717, 1.165) is 35.5 Å². The Morgan fingerprint density at radius 2 is 2.15 bits per heavy atom. The van der Waals surface area contributed by atoms with Crippen molar-refractivity contribution >= 4 is 15.9 Å². The van der Waals surface area contributed by atoms with Crippen LogP contribution in [0.15, 0.2) is 16.6 Å². The number of nitrogens with one attached hydrogen (secondary N) is 1. The minimum atomic E-state index is 0.397. The fourth-order valence-corrected chi connectivity index (χ4v) is 3.31. The zero-order valence-corrected chi connectivity index (χ0v) is 13.5. The van der Waals surface area contributed by atoms with E-state index in [1.807, 2.05) is 6.07 Å². The first-order valence-corrected chi connectivity index (χ1v) is 8.29. The molecule has 0 bridgehead atoms. The normalized spacial score (nSPS) is 22.6. The van der Waals surface area contributed by atoms with Crippen molar-refractivity contribution in [1.82, 2.24) is 5.32 Å². The molecule has 1 saturated heterocycles. The van der Waals surface area contributed by atoms with Crippen LogP contribution in [0.5, 0.6) is 11.5 Å². The first kappa shape index (κ1) is 14.2. The largest absolute Gasteiger partial charge is 0.493 e. The van der Waals surface area contributed by atoms with Gasteiger partial charge in [-0.05, 0) is 68.8 Å². The summed E-state index contributed by atoms with van der Waals surface area (Å²) in [5, 5.41) is 3.49. The van der Waals surface area contributed by atoms with Crippen molar-refractivity contribution in [3.05, 3.63) is 22.2 Å². The Kier molecular flexibility index (Phi) is 4.51. The summed E-state index contributed by atoms with van der Waals surface area (Å²) in [4.78, 5) is 0. The van der Waals surface area contributed by atoms with Gasteiger partial charge in [0.2, 0.25) is 0 Å². The van der Waals surface area contributed by atoms with Gasteiger partial charge in [0.25, 0.3) is 0 Å². The van der Waals surface area contributed by atoms with E-state index in [0.29, 0.717) is 12.0 Å². The SMILES string of the molecule is COc1cc(Br)cc(CC2CCCNC2)c1OC1CC1. The van der Waals surface area contributed by atoms with Gasteiger partial charge in [-0.2, -0.15) is 0 Å². The summed E-state index contributed by atoms with van der Waals surface area (Å²) < 4.78 is 12.7. The summed E-state index contributed by atoms with van der Waals surface area (Å²) in [6.07, 6.45) is 6.37. The third kappa shape index (κ3) is 3.47. The Morgan fingerprint density at radius 1 is 1.30 bits per heavy atom. The van der Waals surface area contributed by atoms with Gasteiger partial charge in [-0.1, -0.05) is 15.9 Å². The van der Waals surface area contributed by atoms with E-state index < -0.39 is 0 Å². The number of hydrogen-bond acceptors (Lipinski definition) is 3. The molecule has 3 rings (SSSR count). The molecule has 1 aromatic carbocycles. The summed E-state index contributed by atoms with van der Waals surface area (Å²) in [6, 6.07) is 4.19. The number of benzene rings is 1. The van der Waals surface area contributed by atoms with E-state index in [9.17, 15) is 0 Å². The molecular weight excluding hydrogens is 318 g/mol. The van der Waals surface area contributed by atoms with Crippen LogP contribution in [0.3, 0.4) is 0 Å². The van der Waals surface area contributed by atoms with Crippen LogP contribution in [0, 0.1) is 5.92 Å². The highest BCUT2D eigenvalue weighted by atomic mass is 79.9. The average Bonchev–Trinajstić information content (AvgIpc) is 3.26. The maximum atomic E-state index is 6.11. The lowest BCUT2D eigenvalue weighted by Crippen LogP contribution is -2.31. The van der Waals surface area contributed by atoms with Gasteiger partial charge < -0.3 is 14.8 Å². The number of hydrogen-bond donors (Lipinski definition) is 1. The molecule has 0 amide bonds. The van der Waals surface area contributed by atoms with Gasteiger partial charge in [0.15, 0.2) is 11.5 Å². The Hall–Kier alpha value is -0.740. The molecule has 1 unspecified atom stereocenters. The van der Waals surface area contributed by atoms with Crippen molar-refractivity contribution in [1.29, 1.82) is 0 Å². The van der Waals surface area contributed by atoms with Crippen molar-refractivity contribution < 1.29 is 9.47 Å². The van der Waals surface area contributed by atoms with Crippen molar-refractivity contribution in [2.45, 2.75) is 38.2 Å². The van der Waals surface area contributed by atoms with E-state index in [-0.39, 0.29) is 0 Å². The molecule has 1 atom stereocenters. The minimum Gasteiger partial charge on any atom is -0.493 e. The summed E-state index contributed by atoms with van der Waals surface area (Å²) in [6.45, 7) is 2.27. The number of ether oxygens (including phenoxy) is 2. The van der Waals surface area contributed by atoms with Gasteiger partial charge in [-0.3, -0.25) is 0 Å². The molecule has 1 aromatic rings. The molecule has 2 aliphatic rings. The zero-order valence-electron chi connectivity index (χ0n) is 12.0. The van der Waals surface area contributed by atoms with Crippen molar-refractivity contribution in [3.8, 4) is 11.5 Å². The highest BCUT2D eigenvalue weighted by molar-refractivity contribution is 9.10. The zero-order chi connectivity index (χ0) is 13.9. The van der Waals surface area contributed by atoms with Gasteiger partial charge in [-0.15, -0.1) is 0 Å². The molecule has 1 aliphatic heterocycles. The molecule has 0 aromatic heterocycles. The Labute approximate surface area is 129 Å². The van der Waals surface area contributed by atoms with Crippen molar-refractivity contribution in [2.24, 2.45) is 5.92 Å². The Morgan fingerprint density at radius 3 is 2.80 bits per heavy atom. The molecule has 4 heteroatoms. The first-order chi connectivity index (χ1) is 9.76. The van der Waals surface area contributed by atoms with Gasteiger partial charge in [0.1, 0.15) is 0 Å². The predicted octanol–water partition coefficient (Wildman–Crippen LogP) is 3.54. The van der Waals surface area contributed by atoms with Gasteiger partial charge in [-0.25, -0.2) is 0 Å². The third-order valence-electron chi connectivity index (χ3n) is 4.03. The summed E-state index contributed by atoms with van der Waals surface area (Å²) in [7, 11) is 1.72. The summed E-state index contributed by atoms with van der Waals surface area (Å²) in [5.41, 5.74) is 1.27. The number of piperidine rings is 1. The van der Waals surface area contributed by atoms with Crippen LogP contribution < -0.4 is 14.8 Å². The average molecular weight is 340 g/mol. The third-order valence-corrected chi connectivity index (χ3v) is 4.49. The molecule has 1 N–H and O–H groups in total. The lowest BCUT2D eigenvalue weighted by molar-refractivity contribution is 0.275. The number of methoxy groups -OCH3 is 1. The molecule has 1 aliphatic carbocycles. The maximum absolute atomic E-state index is 6.11. The van der Waals surface area contributed by atoms with Crippen LogP contribution in [-0.2, 0) is 6.42 Å². The molecule has 2 fully saturated rings. The second kappa shape index (κ2) is 6.35. The molecule has 20 heavy (non-hydrogen) atoms. The fourth-order valence-electron chi connectivity index (χ4n) is 2.82. The van der Waals surface area contributed by atoms with Crippen LogP contribution in [-0.4, -0.2) is 26.3 Å². The van der Waals surface area contributed by atoms with Crippen molar-refractivity contribution in [3.63, 3.8) is 0 Å². The molecule has 0 radical (unpaired) electrons. The van der Waals surface area contributed by atoms with Crippen LogP contribution in [0.1, 0.15) is 31.2 Å². The number of rotatable bonds is 5. The van der Waals surface area contributed by atoms with Gasteiger partial charge in [0.05, 0.1) is 13.2 Å². The molecule has 3 nitrogen and oxygen atoms in total. The van der Waals surface area contributed by atoms with Crippen LogP contribution in [0.2, 0.25) is 0 Å². The van der Waals surface area contributed by atoms with E-state index in [2.05, 4.69) is 27.3 Å². The smallest absolute Gasteiger partial charge is 0.164 e. The lowest BCUT2D eigenvalue weighted by atomic mass is 9.92. The van der Waals surface area contributed by atoms with Crippen LogP contribution in [0.25, 0.3) is 0 Å². The lowest BCUT2D eigenvalue weighted by Gasteiger charge is -2.24. The highest BCUT2D eigenvalue weighted by Crippen LogP contribution is 2.40. The van der Waals surface area contributed by atoms with Crippen molar-refractivity contribution in [2.75, 3.05) is 20.2 Å². The van der Waals surface area contributed by atoms with E-state index >= 15 is 0 Å². The van der Waals surface area contributed by atoms with Gasteiger partial charge in [0, 0.05) is 4.47 Å². The standard InChI is InChI=1S/C16H22BrNO2/c1-19-15-9-13(17)8-12(16(15)20-14-4-5-14)7-11-3-2-6-18-10-11/h8-9,11,14,18H,2-7,10H2,1H3. The molecule has 110 valence electrons. The molecule has 1 saturated carbocycles. The van der Waals surface area contributed by atoms with Crippen LogP contribution >= 0.6 is 15.9 Å². The number of halogens is 1. The minimum absolute atomic E-state index is 0.397. The maximum Gasteiger partial charge on any atom is 0.164 e. The topological polar surface area (TPSA) is 30.5 Å². The van der Waals surface area contributed by atoms with Crippen LogP contribution in [0.4, 0.5) is 0 Å². The summed E-state index contributed by atoms with van der Waals surface area (Å²) >= 11 is 3.58. The van der Waals surface area contributed by atoms with Gasteiger partial charge >= 0.3 is 0 Å². The Balaban J connectivity index is 1.83. The van der Waals surface area contributed by atoms with E-state index in [1.165, 1.54) is 31.2 Å². The second-order valence-corrected chi connectivity index (χ2v) is 6.75. The quantitative estimate of drug-likeness (QED) is 0.889. The molecule has 1 heterocycles. The Bertz CT molecular complexity index is 468. The second-order valence-electron chi connectivity index (χ2n) is 5.83. The summed E-state index contributed by atoms with van der Waals surface area (Å²) in [5.74, 6) is 2.51. The van der Waals surface area contributed by atoms with E-state index in [1.54, 1.807) is 7.11 Å². The molecule has 0 spiro atoms. The fraction of sp³-hybridized carbons (Fsp3) is 0.625. The molecular formula is C16H22BrNO2. The van der Waals surface area contributed by atoms with E-state index in [4.69, 9.17) is 9.47 Å². The predicted molar refractivity (Wildman–Crippen MR) is 83.6 cm³/mol. The monoisotopic (exact) mass is 339 g/mol. The first-order valence-electron chi connectivity index (χ1n) is 7.50. The highest BCUT2D eigenvalue weighted by Gasteiger charge is 2.27.